The van der Waals surface area contributed by atoms with Gasteiger partial charge in [0.25, 0.3) is 0 Å². The smallest absolute Gasteiger partial charge is 0.195 e. The minimum absolute atomic E-state index is 0.171. The van der Waals surface area contributed by atoms with E-state index in [0.29, 0.717) is 6.61 Å². The van der Waals surface area contributed by atoms with Gasteiger partial charge in [-0.15, -0.1) is 11.6 Å². The molecule has 0 fully saturated rings. The van der Waals surface area contributed by atoms with Crippen LogP contribution < -0.4 is 0 Å². The van der Waals surface area contributed by atoms with Gasteiger partial charge in [-0.1, -0.05) is 13.3 Å². The van der Waals surface area contributed by atoms with Gasteiger partial charge in [0.1, 0.15) is 0 Å². The Kier molecular flexibility index (Phi) is 5.73. The highest BCUT2D eigenvalue weighted by Gasteiger charge is 1.91. The molecule has 0 aliphatic carbocycles. The maximum absolute atomic E-state index is 6.96. The van der Waals surface area contributed by atoms with E-state index in [0.717, 1.165) is 12.8 Å². The van der Waals surface area contributed by atoms with E-state index in [1.165, 1.54) is 0 Å². The van der Waals surface area contributed by atoms with Crippen molar-refractivity contribution >= 4 is 17.5 Å². The molecule has 9 heavy (non-hydrogen) atoms. The quantitative estimate of drug-likeness (QED) is 0.282. The first-order chi connectivity index (χ1) is 4.31. The summed E-state index contributed by atoms with van der Waals surface area (Å²) in [7, 11) is 0. The van der Waals surface area contributed by atoms with Gasteiger partial charge in [0, 0.05) is 0 Å². The van der Waals surface area contributed by atoms with Gasteiger partial charge in [0.2, 0.25) is 0 Å². The SMILES string of the molecule is CCCCOC(=N)CCl. The van der Waals surface area contributed by atoms with Gasteiger partial charge in [-0.25, -0.2) is 0 Å². The zero-order valence-corrected chi connectivity index (χ0v) is 6.37. The molecule has 0 aliphatic heterocycles. The first-order valence-corrected chi connectivity index (χ1v) is 3.61. The Balaban J connectivity index is 2.97. The monoisotopic (exact) mass is 149 g/mol. The molecule has 0 aromatic rings. The third-order valence-electron chi connectivity index (χ3n) is 0.896. The molecule has 0 saturated carbocycles. The van der Waals surface area contributed by atoms with Crippen LogP contribution in [0.4, 0.5) is 0 Å². The van der Waals surface area contributed by atoms with Crippen LogP contribution in [0.15, 0.2) is 0 Å². The molecule has 0 bridgehead atoms. The predicted molar refractivity (Wildman–Crippen MR) is 39.3 cm³/mol. The van der Waals surface area contributed by atoms with E-state index in [4.69, 9.17) is 21.7 Å². The highest BCUT2D eigenvalue weighted by Crippen LogP contribution is 1.89. The Morgan fingerprint density at radius 2 is 2.33 bits per heavy atom. The van der Waals surface area contributed by atoms with Gasteiger partial charge in [0.05, 0.1) is 12.5 Å². The minimum Gasteiger partial charge on any atom is -0.480 e. The lowest BCUT2D eigenvalue weighted by Crippen LogP contribution is -2.05. The highest BCUT2D eigenvalue weighted by molar-refractivity contribution is 6.26. The summed E-state index contributed by atoms with van der Waals surface area (Å²) in [4.78, 5) is 0. The fourth-order valence-corrected chi connectivity index (χ4v) is 0.455. The van der Waals surface area contributed by atoms with Crippen molar-refractivity contribution < 1.29 is 4.74 Å². The van der Waals surface area contributed by atoms with Gasteiger partial charge < -0.3 is 4.74 Å². The lowest BCUT2D eigenvalue weighted by molar-refractivity contribution is 0.292. The Morgan fingerprint density at radius 3 is 2.78 bits per heavy atom. The van der Waals surface area contributed by atoms with Crippen molar-refractivity contribution in [1.82, 2.24) is 0 Å². The fraction of sp³-hybridized carbons (Fsp3) is 0.833. The van der Waals surface area contributed by atoms with Crippen molar-refractivity contribution in [3.8, 4) is 0 Å². The number of nitrogens with one attached hydrogen (secondary N) is 1. The summed E-state index contributed by atoms with van der Waals surface area (Å²) < 4.78 is 4.88. The fourth-order valence-electron chi connectivity index (χ4n) is 0.378. The summed E-state index contributed by atoms with van der Waals surface area (Å²) in [5.74, 6) is 0.356. The molecule has 0 atom stereocenters. The molecule has 2 nitrogen and oxygen atoms in total. The van der Waals surface area contributed by atoms with Gasteiger partial charge in [0.15, 0.2) is 5.90 Å². The normalized spacial score (nSPS) is 9.11. The van der Waals surface area contributed by atoms with Crippen LogP contribution >= 0.6 is 11.6 Å². The Bertz CT molecular complexity index is 85.1. The molecule has 0 heterocycles. The van der Waals surface area contributed by atoms with E-state index in [1.54, 1.807) is 0 Å². The Morgan fingerprint density at radius 1 is 1.67 bits per heavy atom. The summed E-state index contributed by atoms with van der Waals surface area (Å²) in [5.41, 5.74) is 0. The van der Waals surface area contributed by atoms with E-state index in [9.17, 15) is 0 Å². The highest BCUT2D eigenvalue weighted by atomic mass is 35.5. The molecule has 0 aromatic carbocycles. The number of hydrogen-bond acceptors (Lipinski definition) is 2. The summed E-state index contributed by atoms with van der Waals surface area (Å²) >= 11 is 5.28. The molecule has 0 spiro atoms. The first kappa shape index (κ1) is 8.76. The van der Waals surface area contributed by atoms with Crippen molar-refractivity contribution in [3.63, 3.8) is 0 Å². The van der Waals surface area contributed by atoms with E-state index in [1.807, 2.05) is 0 Å². The van der Waals surface area contributed by atoms with Crippen LogP contribution in [0.5, 0.6) is 0 Å². The summed E-state index contributed by atoms with van der Waals surface area (Å²) in [6, 6.07) is 0. The average molecular weight is 150 g/mol. The van der Waals surface area contributed by atoms with Crippen LogP contribution in [-0.2, 0) is 4.74 Å². The number of halogens is 1. The van der Waals surface area contributed by atoms with Crippen molar-refractivity contribution in [2.45, 2.75) is 19.8 Å². The van der Waals surface area contributed by atoms with Gasteiger partial charge in [-0.05, 0) is 6.42 Å². The molecule has 0 unspecified atom stereocenters. The third-order valence-corrected chi connectivity index (χ3v) is 1.14. The zero-order valence-electron chi connectivity index (χ0n) is 5.61. The van der Waals surface area contributed by atoms with Gasteiger partial charge >= 0.3 is 0 Å². The minimum atomic E-state index is 0.171. The molecule has 0 radical (unpaired) electrons. The van der Waals surface area contributed by atoms with E-state index < -0.39 is 0 Å². The van der Waals surface area contributed by atoms with E-state index in [2.05, 4.69) is 6.92 Å². The average Bonchev–Trinajstić information content (AvgIpc) is 1.89. The van der Waals surface area contributed by atoms with Gasteiger partial charge in [-0.2, -0.15) is 0 Å². The second-order valence-corrected chi connectivity index (χ2v) is 2.03. The molecule has 0 aliphatic rings. The van der Waals surface area contributed by atoms with Crippen LogP contribution in [0.25, 0.3) is 0 Å². The molecular formula is C6H12ClNO. The molecule has 0 aromatic heterocycles. The van der Waals surface area contributed by atoms with Crippen LogP contribution in [0, 0.1) is 5.41 Å². The van der Waals surface area contributed by atoms with Crippen molar-refractivity contribution in [1.29, 1.82) is 5.41 Å². The molecule has 54 valence electrons. The topological polar surface area (TPSA) is 33.1 Å². The first-order valence-electron chi connectivity index (χ1n) is 3.07. The molecule has 0 rings (SSSR count). The Labute approximate surface area is 60.7 Å². The number of alkyl halides is 1. The molecule has 3 heteroatoms. The number of hydrogen-bond donors (Lipinski definition) is 1. The summed E-state index contributed by atoms with van der Waals surface area (Å²) in [6.45, 7) is 2.70. The summed E-state index contributed by atoms with van der Waals surface area (Å²) in [5, 5.41) is 6.96. The van der Waals surface area contributed by atoms with Crippen LogP contribution in [0.3, 0.4) is 0 Å². The van der Waals surface area contributed by atoms with Crippen LogP contribution in [-0.4, -0.2) is 18.4 Å². The second-order valence-electron chi connectivity index (χ2n) is 1.76. The lowest BCUT2D eigenvalue weighted by Gasteiger charge is -2.01. The summed E-state index contributed by atoms with van der Waals surface area (Å²) in [6.07, 6.45) is 2.09. The van der Waals surface area contributed by atoms with Crippen LogP contribution in [0.1, 0.15) is 19.8 Å². The van der Waals surface area contributed by atoms with Crippen molar-refractivity contribution in [2.75, 3.05) is 12.5 Å². The number of ether oxygens (including phenoxy) is 1. The largest absolute Gasteiger partial charge is 0.480 e. The lowest BCUT2D eigenvalue weighted by atomic mass is 10.4. The van der Waals surface area contributed by atoms with Gasteiger partial charge in [-0.3, -0.25) is 5.41 Å². The number of unbranched alkanes of at least 4 members (excludes halogenated alkanes) is 1. The predicted octanol–water partition coefficient (Wildman–Crippen LogP) is 2.02. The standard InChI is InChI=1S/C6H12ClNO/c1-2-3-4-9-6(8)5-7/h8H,2-5H2,1H3. The molecule has 0 saturated heterocycles. The zero-order chi connectivity index (χ0) is 7.11. The maximum atomic E-state index is 6.96. The molecule has 1 N–H and O–H groups in total. The van der Waals surface area contributed by atoms with Crippen molar-refractivity contribution in [3.05, 3.63) is 0 Å². The maximum Gasteiger partial charge on any atom is 0.195 e. The number of rotatable bonds is 4. The van der Waals surface area contributed by atoms with Crippen LogP contribution in [0.2, 0.25) is 0 Å². The van der Waals surface area contributed by atoms with Crippen molar-refractivity contribution in [2.24, 2.45) is 0 Å². The molecule has 0 amide bonds. The second kappa shape index (κ2) is 5.89. The molecular weight excluding hydrogens is 138 g/mol. The third kappa shape index (κ3) is 5.63. The Hall–Kier alpha value is -0.240. The van der Waals surface area contributed by atoms with E-state index >= 15 is 0 Å². The van der Waals surface area contributed by atoms with E-state index in [-0.39, 0.29) is 11.8 Å².